The number of amides is 1. The molecule has 0 unspecified atom stereocenters. The van der Waals surface area contributed by atoms with Gasteiger partial charge in [-0.05, 0) is 25.1 Å². The Bertz CT molecular complexity index is 720. The van der Waals surface area contributed by atoms with Crippen LogP contribution in [-0.4, -0.2) is 19.0 Å². The van der Waals surface area contributed by atoms with Crippen LogP contribution < -0.4 is 10.6 Å². The number of esters is 1. The molecule has 2 N–H and O–H groups in total. The van der Waals surface area contributed by atoms with Crippen molar-refractivity contribution in [3.8, 4) is 0 Å². The number of nitrogens with one attached hydrogen (secondary N) is 2. The minimum absolute atomic E-state index is 0.192. The van der Waals surface area contributed by atoms with E-state index in [1.807, 2.05) is 12.1 Å². The van der Waals surface area contributed by atoms with Gasteiger partial charge in [0.15, 0.2) is 6.17 Å². The molecule has 1 aromatic heterocycles. The van der Waals surface area contributed by atoms with Crippen LogP contribution in [-0.2, 0) is 4.74 Å². The first-order valence-corrected chi connectivity index (χ1v) is 6.45. The van der Waals surface area contributed by atoms with Crippen LogP contribution in [0.4, 0.5) is 5.69 Å². The molecule has 6 nitrogen and oxygen atoms in total. The van der Waals surface area contributed by atoms with Gasteiger partial charge in [-0.2, -0.15) is 0 Å². The number of hydrogen-bond acceptors (Lipinski definition) is 5. The van der Waals surface area contributed by atoms with Crippen molar-refractivity contribution in [2.45, 2.75) is 13.1 Å². The Kier molecular flexibility index (Phi) is 3.13. The molecule has 2 heterocycles. The number of methoxy groups -OCH3 is 1. The van der Waals surface area contributed by atoms with Crippen LogP contribution in [0, 0.1) is 6.92 Å². The van der Waals surface area contributed by atoms with Gasteiger partial charge in [-0.3, -0.25) is 4.79 Å². The van der Waals surface area contributed by atoms with Gasteiger partial charge in [0.2, 0.25) is 0 Å². The van der Waals surface area contributed by atoms with E-state index < -0.39 is 12.1 Å². The molecule has 0 aliphatic carbocycles. The summed E-state index contributed by atoms with van der Waals surface area (Å²) < 4.78 is 10.3. The Morgan fingerprint density at radius 2 is 2.05 bits per heavy atom. The number of carbonyl (C=O) groups excluding carboxylic acids is 2. The molecule has 1 aromatic carbocycles. The highest BCUT2D eigenvalue weighted by Crippen LogP contribution is 2.28. The Morgan fingerprint density at radius 3 is 2.81 bits per heavy atom. The Hall–Kier alpha value is -2.76. The van der Waals surface area contributed by atoms with Crippen molar-refractivity contribution in [3.63, 3.8) is 0 Å². The van der Waals surface area contributed by atoms with E-state index in [-0.39, 0.29) is 5.91 Å². The lowest BCUT2D eigenvalue weighted by atomic mass is 10.1. The summed E-state index contributed by atoms with van der Waals surface area (Å²) in [6, 6.07) is 8.77. The number of ether oxygens (including phenoxy) is 1. The molecule has 2 aromatic rings. The van der Waals surface area contributed by atoms with Crippen molar-refractivity contribution in [2.75, 3.05) is 12.4 Å². The smallest absolute Gasteiger partial charge is 0.341 e. The number of benzene rings is 1. The molecule has 0 radical (unpaired) electrons. The van der Waals surface area contributed by atoms with Crippen molar-refractivity contribution in [1.29, 1.82) is 0 Å². The quantitative estimate of drug-likeness (QED) is 0.827. The van der Waals surface area contributed by atoms with E-state index in [1.165, 1.54) is 7.11 Å². The summed E-state index contributed by atoms with van der Waals surface area (Å²) in [5.41, 5.74) is 1.65. The maximum Gasteiger partial charge on any atom is 0.341 e. The van der Waals surface area contributed by atoms with Crippen LogP contribution in [0.1, 0.15) is 38.4 Å². The van der Waals surface area contributed by atoms with Gasteiger partial charge in [-0.1, -0.05) is 12.1 Å². The number of furan rings is 1. The van der Waals surface area contributed by atoms with Crippen molar-refractivity contribution in [2.24, 2.45) is 0 Å². The molecule has 1 atom stereocenters. The minimum atomic E-state index is -0.524. The van der Waals surface area contributed by atoms with Gasteiger partial charge in [0.05, 0.1) is 12.7 Å². The molecule has 0 fully saturated rings. The lowest BCUT2D eigenvalue weighted by Crippen LogP contribution is -2.38. The molecule has 108 valence electrons. The van der Waals surface area contributed by atoms with Gasteiger partial charge in [-0.15, -0.1) is 0 Å². The normalized spacial score (nSPS) is 16.7. The molecule has 3 rings (SSSR count). The molecular formula is C15H14N2O4. The molecule has 0 bridgehead atoms. The lowest BCUT2D eigenvalue weighted by Gasteiger charge is -2.26. The summed E-state index contributed by atoms with van der Waals surface area (Å²) in [6.07, 6.45) is -0.524. The molecule has 6 heteroatoms. The SMILES string of the molecule is COC(=O)c1cc([C@@H]2NC(=O)c3ccccc3N2)oc1C. The Labute approximate surface area is 121 Å². The number of aryl methyl sites for hydroxylation is 1. The first kappa shape index (κ1) is 13.2. The predicted octanol–water partition coefficient (Wildman–Crippen LogP) is 2.23. The predicted molar refractivity (Wildman–Crippen MR) is 75.1 cm³/mol. The van der Waals surface area contributed by atoms with Crippen molar-refractivity contribution < 1.29 is 18.7 Å². The fourth-order valence-electron chi connectivity index (χ4n) is 2.31. The topological polar surface area (TPSA) is 80.6 Å². The second-order valence-electron chi connectivity index (χ2n) is 4.71. The second-order valence-corrected chi connectivity index (χ2v) is 4.71. The molecule has 1 aliphatic heterocycles. The number of anilines is 1. The highest BCUT2D eigenvalue weighted by molar-refractivity contribution is 6.01. The fourth-order valence-corrected chi connectivity index (χ4v) is 2.31. The summed E-state index contributed by atoms with van der Waals surface area (Å²) in [5, 5.41) is 5.95. The van der Waals surface area contributed by atoms with Crippen LogP contribution in [0.25, 0.3) is 0 Å². The third-order valence-corrected chi connectivity index (χ3v) is 3.37. The highest BCUT2D eigenvalue weighted by Gasteiger charge is 2.28. The molecular weight excluding hydrogens is 272 g/mol. The van der Waals surface area contributed by atoms with E-state index in [9.17, 15) is 9.59 Å². The fraction of sp³-hybridized carbons (Fsp3) is 0.200. The number of carbonyl (C=O) groups is 2. The first-order valence-electron chi connectivity index (χ1n) is 6.45. The summed E-state index contributed by atoms with van der Waals surface area (Å²) in [5.74, 6) is 0.246. The Morgan fingerprint density at radius 1 is 1.29 bits per heavy atom. The standard InChI is InChI=1S/C15H14N2O4/c1-8-10(15(19)20-2)7-12(21-8)13-16-11-6-4-3-5-9(11)14(18)17-13/h3-7,13,16H,1-2H3,(H,17,18)/t13-/m0/s1. The highest BCUT2D eigenvalue weighted by atomic mass is 16.5. The van der Waals surface area contributed by atoms with E-state index in [4.69, 9.17) is 4.42 Å². The van der Waals surface area contributed by atoms with Crippen LogP contribution in [0.3, 0.4) is 0 Å². The van der Waals surface area contributed by atoms with E-state index >= 15 is 0 Å². The van der Waals surface area contributed by atoms with Gasteiger partial charge in [0.25, 0.3) is 5.91 Å². The van der Waals surface area contributed by atoms with Gasteiger partial charge in [0, 0.05) is 5.69 Å². The van der Waals surface area contributed by atoms with Crippen molar-refractivity contribution in [1.82, 2.24) is 5.32 Å². The number of hydrogen-bond donors (Lipinski definition) is 2. The van der Waals surface area contributed by atoms with Crippen molar-refractivity contribution in [3.05, 3.63) is 53.0 Å². The van der Waals surface area contributed by atoms with Gasteiger partial charge >= 0.3 is 5.97 Å². The van der Waals surface area contributed by atoms with Gasteiger partial charge < -0.3 is 19.8 Å². The second kappa shape index (κ2) is 4.97. The zero-order chi connectivity index (χ0) is 15.0. The summed E-state index contributed by atoms with van der Waals surface area (Å²) in [6.45, 7) is 1.67. The van der Waals surface area contributed by atoms with E-state index in [0.717, 1.165) is 5.69 Å². The monoisotopic (exact) mass is 286 g/mol. The first-order chi connectivity index (χ1) is 10.1. The van der Waals surface area contributed by atoms with Gasteiger partial charge in [0.1, 0.15) is 17.1 Å². The van der Waals surface area contributed by atoms with Crippen LogP contribution >= 0.6 is 0 Å². The molecule has 0 saturated carbocycles. The zero-order valence-electron chi connectivity index (χ0n) is 11.6. The number of fused-ring (bicyclic) bond motifs is 1. The molecule has 0 spiro atoms. The van der Waals surface area contributed by atoms with E-state index in [0.29, 0.717) is 22.6 Å². The van der Waals surface area contributed by atoms with E-state index in [1.54, 1.807) is 25.1 Å². The number of para-hydroxylation sites is 1. The molecule has 1 aliphatic rings. The third kappa shape index (κ3) is 2.24. The third-order valence-electron chi connectivity index (χ3n) is 3.37. The largest absolute Gasteiger partial charge is 0.465 e. The lowest BCUT2D eigenvalue weighted by molar-refractivity contribution is 0.0598. The van der Waals surface area contributed by atoms with Crippen LogP contribution in [0.15, 0.2) is 34.7 Å². The van der Waals surface area contributed by atoms with Crippen LogP contribution in [0.5, 0.6) is 0 Å². The maximum absolute atomic E-state index is 12.1. The average molecular weight is 286 g/mol. The van der Waals surface area contributed by atoms with E-state index in [2.05, 4.69) is 15.4 Å². The molecule has 0 saturated heterocycles. The summed E-state index contributed by atoms with van der Waals surface area (Å²) in [4.78, 5) is 23.7. The average Bonchev–Trinajstić information content (AvgIpc) is 2.88. The summed E-state index contributed by atoms with van der Waals surface area (Å²) >= 11 is 0. The summed E-state index contributed by atoms with van der Waals surface area (Å²) in [7, 11) is 1.31. The van der Waals surface area contributed by atoms with Crippen molar-refractivity contribution >= 4 is 17.6 Å². The molecule has 21 heavy (non-hydrogen) atoms. The molecule has 1 amide bonds. The minimum Gasteiger partial charge on any atom is -0.465 e. The maximum atomic E-state index is 12.1. The zero-order valence-corrected chi connectivity index (χ0v) is 11.6. The Balaban J connectivity index is 1.93. The van der Waals surface area contributed by atoms with Gasteiger partial charge in [-0.25, -0.2) is 4.79 Å². The van der Waals surface area contributed by atoms with Crippen LogP contribution in [0.2, 0.25) is 0 Å². The number of rotatable bonds is 2.